The van der Waals surface area contributed by atoms with Crippen molar-refractivity contribution in [1.29, 1.82) is 0 Å². The number of hydrogen-bond donors (Lipinski definition) is 2. The third kappa shape index (κ3) is 4.39. The van der Waals surface area contributed by atoms with Crippen molar-refractivity contribution >= 4 is 17.5 Å². The molecule has 0 spiro atoms. The maximum Gasteiger partial charge on any atom is 0.163 e. The number of nitrogens with one attached hydrogen (secondary N) is 2. The van der Waals surface area contributed by atoms with Crippen LogP contribution in [0.5, 0.6) is 0 Å². The van der Waals surface area contributed by atoms with Crippen molar-refractivity contribution in [2.24, 2.45) is 0 Å². The fourth-order valence-corrected chi connectivity index (χ4v) is 2.65. The van der Waals surface area contributed by atoms with Crippen molar-refractivity contribution < 1.29 is 0 Å². The molecule has 3 aromatic rings. The summed E-state index contributed by atoms with van der Waals surface area (Å²) in [4.78, 5) is 11.6. The first-order valence-corrected chi connectivity index (χ1v) is 9.01. The van der Waals surface area contributed by atoms with Gasteiger partial charge in [-0.2, -0.15) is 5.10 Å². The summed E-state index contributed by atoms with van der Waals surface area (Å²) in [7, 11) is 2.07. The first-order chi connectivity index (χ1) is 12.5. The Bertz CT molecular complexity index is 853. The van der Waals surface area contributed by atoms with Crippen LogP contribution in [0, 0.1) is 13.8 Å². The molecular weight excluding hydrogens is 324 g/mol. The number of benzene rings is 1. The third-order valence-electron chi connectivity index (χ3n) is 4.22. The second-order valence-corrected chi connectivity index (χ2v) is 6.64. The minimum Gasteiger partial charge on any atom is -0.359 e. The van der Waals surface area contributed by atoms with E-state index in [0.29, 0.717) is 5.82 Å². The Hall–Kier alpha value is -2.89. The molecule has 6 nitrogen and oxygen atoms in total. The molecule has 0 aliphatic heterocycles. The summed E-state index contributed by atoms with van der Waals surface area (Å²) in [5.74, 6) is 3.10. The molecule has 3 rings (SSSR count). The summed E-state index contributed by atoms with van der Waals surface area (Å²) < 4.78 is 0. The largest absolute Gasteiger partial charge is 0.359 e. The van der Waals surface area contributed by atoms with Crippen LogP contribution in [0.15, 0.2) is 36.4 Å². The minimum absolute atomic E-state index is 0.709. The summed E-state index contributed by atoms with van der Waals surface area (Å²) in [6, 6.07) is 12.2. The van der Waals surface area contributed by atoms with Crippen LogP contribution in [0.25, 0.3) is 11.4 Å². The van der Waals surface area contributed by atoms with Gasteiger partial charge in [-0.25, -0.2) is 9.97 Å². The molecule has 0 bridgehead atoms. The van der Waals surface area contributed by atoms with Gasteiger partial charge in [-0.3, -0.25) is 5.10 Å². The van der Waals surface area contributed by atoms with Crippen LogP contribution in [-0.4, -0.2) is 33.8 Å². The van der Waals surface area contributed by atoms with E-state index in [-0.39, 0.29) is 0 Å². The summed E-state index contributed by atoms with van der Waals surface area (Å²) in [5.41, 5.74) is 3.22. The topological polar surface area (TPSA) is 69.7 Å². The number of H-pyrrole nitrogens is 1. The van der Waals surface area contributed by atoms with Gasteiger partial charge in [0.1, 0.15) is 11.6 Å². The molecule has 0 saturated carbocycles. The molecule has 0 unspecified atom stereocenters. The van der Waals surface area contributed by atoms with E-state index in [1.54, 1.807) is 0 Å². The fourth-order valence-electron chi connectivity index (χ4n) is 2.65. The van der Waals surface area contributed by atoms with Crippen LogP contribution in [0.1, 0.15) is 31.0 Å². The average molecular weight is 350 g/mol. The van der Waals surface area contributed by atoms with Crippen LogP contribution in [0.2, 0.25) is 0 Å². The lowest BCUT2D eigenvalue weighted by molar-refractivity contribution is 0.759. The molecule has 2 heterocycles. The maximum absolute atomic E-state index is 4.78. The molecule has 2 aromatic heterocycles. The number of rotatable bonds is 7. The Morgan fingerprint density at radius 2 is 1.81 bits per heavy atom. The zero-order valence-corrected chi connectivity index (χ0v) is 15.9. The standard InChI is InChI=1S/C20H26N6/c1-5-6-11-26(4)19-13-17(21-18-12-15(3)24-25-18)22-20(23-19)16-9-7-14(2)8-10-16/h7-10,12-13H,5-6,11H2,1-4H3,(H2,21,22,23,24,25). The number of aryl methyl sites for hydroxylation is 2. The zero-order chi connectivity index (χ0) is 18.5. The van der Waals surface area contributed by atoms with E-state index >= 15 is 0 Å². The van der Waals surface area contributed by atoms with Gasteiger partial charge >= 0.3 is 0 Å². The highest BCUT2D eigenvalue weighted by Gasteiger charge is 2.11. The molecule has 2 N–H and O–H groups in total. The van der Waals surface area contributed by atoms with E-state index in [0.717, 1.165) is 48.1 Å². The lowest BCUT2D eigenvalue weighted by Crippen LogP contribution is -2.20. The molecule has 0 amide bonds. The number of aromatic nitrogens is 4. The number of aromatic amines is 1. The van der Waals surface area contributed by atoms with Crippen LogP contribution >= 0.6 is 0 Å². The van der Waals surface area contributed by atoms with Crippen LogP contribution in [0.3, 0.4) is 0 Å². The van der Waals surface area contributed by atoms with Gasteiger partial charge < -0.3 is 10.2 Å². The summed E-state index contributed by atoms with van der Waals surface area (Å²) in [6.45, 7) is 7.20. The quantitative estimate of drug-likeness (QED) is 0.658. The van der Waals surface area contributed by atoms with Crippen molar-refractivity contribution in [3.8, 4) is 11.4 Å². The van der Waals surface area contributed by atoms with Crippen LogP contribution in [0.4, 0.5) is 17.5 Å². The zero-order valence-electron chi connectivity index (χ0n) is 15.9. The van der Waals surface area contributed by atoms with E-state index in [1.165, 1.54) is 5.56 Å². The highest BCUT2D eigenvalue weighted by molar-refractivity contribution is 5.64. The van der Waals surface area contributed by atoms with Crippen molar-refractivity contribution in [2.45, 2.75) is 33.6 Å². The number of anilines is 3. The van der Waals surface area contributed by atoms with Crippen molar-refractivity contribution in [1.82, 2.24) is 20.2 Å². The Labute approximate surface area is 154 Å². The molecule has 0 aliphatic rings. The van der Waals surface area contributed by atoms with E-state index in [9.17, 15) is 0 Å². The van der Waals surface area contributed by atoms with Crippen molar-refractivity contribution in [3.05, 3.63) is 47.7 Å². The highest BCUT2D eigenvalue weighted by Crippen LogP contribution is 2.24. The normalized spacial score (nSPS) is 10.8. The summed E-state index contributed by atoms with van der Waals surface area (Å²) in [6.07, 6.45) is 2.28. The predicted octanol–water partition coefficient (Wildman–Crippen LogP) is 4.46. The average Bonchev–Trinajstić information content (AvgIpc) is 3.04. The Balaban J connectivity index is 1.96. The molecule has 136 valence electrons. The van der Waals surface area contributed by atoms with Gasteiger partial charge in [-0.05, 0) is 20.3 Å². The molecule has 0 saturated heterocycles. The highest BCUT2D eigenvalue weighted by atomic mass is 15.2. The Morgan fingerprint density at radius 1 is 1.04 bits per heavy atom. The smallest absolute Gasteiger partial charge is 0.163 e. The number of nitrogens with zero attached hydrogens (tertiary/aromatic N) is 4. The first-order valence-electron chi connectivity index (χ1n) is 9.01. The molecule has 0 radical (unpaired) electrons. The Morgan fingerprint density at radius 3 is 2.46 bits per heavy atom. The van der Waals surface area contributed by atoms with Gasteiger partial charge in [-0.1, -0.05) is 43.2 Å². The molecule has 26 heavy (non-hydrogen) atoms. The number of unbranched alkanes of at least 4 members (excludes halogenated alkanes) is 1. The summed E-state index contributed by atoms with van der Waals surface area (Å²) >= 11 is 0. The van der Waals surface area contributed by atoms with E-state index < -0.39 is 0 Å². The SMILES string of the molecule is CCCCN(C)c1cc(Nc2cc(C)[nH]n2)nc(-c2ccc(C)cc2)n1. The maximum atomic E-state index is 4.78. The molecule has 1 aromatic carbocycles. The van der Waals surface area contributed by atoms with Gasteiger partial charge in [0.25, 0.3) is 0 Å². The monoisotopic (exact) mass is 350 g/mol. The van der Waals surface area contributed by atoms with E-state index in [2.05, 4.69) is 65.6 Å². The van der Waals surface area contributed by atoms with Crippen LogP contribution < -0.4 is 10.2 Å². The van der Waals surface area contributed by atoms with Crippen molar-refractivity contribution in [2.75, 3.05) is 23.8 Å². The van der Waals surface area contributed by atoms with E-state index in [1.807, 2.05) is 19.1 Å². The molecule has 6 heteroatoms. The lowest BCUT2D eigenvalue weighted by Gasteiger charge is -2.19. The third-order valence-corrected chi connectivity index (χ3v) is 4.22. The molecule has 0 atom stereocenters. The van der Waals surface area contributed by atoms with Gasteiger partial charge in [0, 0.05) is 37.0 Å². The van der Waals surface area contributed by atoms with Gasteiger partial charge in [0.15, 0.2) is 11.6 Å². The second kappa shape index (κ2) is 7.99. The van der Waals surface area contributed by atoms with Crippen molar-refractivity contribution in [3.63, 3.8) is 0 Å². The van der Waals surface area contributed by atoms with E-state index in [4.69, 9.17) is 9.97 Å². The number of hydrogen-bond acceptors (Lipinski definition) is 5. The minimum atomic E-state index is 0.709. The first kappa shape index (κ1) is 17.9. The van der Waals surface area contributed by atoms with Gasteiger partial charge in [0.05, 0.1) is 0 Å². The molecule has 0 aliphatic carbocycles. The molecule has 0 fully saturated rings. The lowest BCUT2D eigenvalue weighted by atomic mass is 10.1. The van der Waals surface area contributed by atoms with Gasteiger partial charge in [-0.15, -0.1) is 0 Å². The molecular formula is C20H26N6. The van der Waals surface area contributed by atoms with Crippen LogP contribution in [-0.2, 0) is 0 Å². The predicted molar refractivity (Wildman–Crippen MR) is 107 cm³/mol. The fraction of sp³-hybridized carbons (Fsp3) is 0.350. The Kier molecular flexibility index (Phi) is 5.51. The van der Waals surface area contributed by atoms with Gasteiger partial charge in [0.2, 0.25) is 0 Å². The second-order valence-electron chi connectivity index (χ2n) is 6.64. The summed E-state index contributed by atoms with van der Waals surface area (Å²) in [5, 5.41) is 10.5.